The zero-order valence-electron chi connectivity index (χ0n) is 23.5. The molecule has 40 heavy (non-hydrogen) atoms. The summed E-state index contributed by atoms with van der Waals surface area (Å²) in [5, 5.41) is 2.95. The first-order valence-electron chi connectivity index (χ1n) is 13.5. The number of hydrogen-bond donors (Lipinski definition) is 1. The van der Waals surface area contributed by atoms with Gasteiger partial charge in [-0.1, -0.05) is 84.7 Å². The Morgan fingerprint density at radius 1 is 0.925 bits per heavy atom. The monoisotopic (exact) mass is 627 g/mol. The molecule has 9 heteroatoms. The summed E-state index contributed by atoms with van der Waals surface area (Å²) in [6.07, 6.45) is 0.928. The second-order valence-corrected chi connectivity index (χ2v) is 13.0. The van der Waals surface area contributed by atoms with Crippen molar-refractivity contribution in [3.8, 4) is 0 Å². The number of aryl methyl sites for hydroxylation is 1. The summed E-state index contributed by atoms with van der Waals surface area (Å²) in [5.74, 6) is -0.433. The molecule has 0 bridgehead atoms. The molecule has 0 saturated heterocycles. The van der Waals surface area contributed by atoms with Crippen molar-refractivity contribution in [1.82, 2.24) is 10.2 Å². The lowest BCUT2D eigenvalue weighted by molar-refractivity contribution is -0.139. The van der Waals surface area contributed by atoms with Crippen molar-refractivity contribution in [2.24, 2.45) is 5.92 Å². The molecule has 0 spiro atoms. The lowest BCUT2D eigenvalue weighted by Crippen LogP contribution is -2.53. The minimum atomic E-state index is -4.08. The molecule has 1 N–H and O–H groups in total. The van der Waals surface area contributed by atoms with Gasteiger partial charge in [0.1, 0.15) is 12.6 Å². The smallest absolute Gasteiger partial charge is 0.264 e. The minimum Gasteiger partial charge on any atom is -0.354 e. The molecule has 0 aliphatic rings. The lowest BCUT2D eigenvalue weighted by Gasteiger charge is -2.33. The Morgan fingerprint density at radius 2 is 1.55 bits per heavy atom. The predicted octanol–water partition coefficient (Wildman–Crippen LogP) is 5.57. The number of hydrogen-bond acceptors (Lipinski definition) is 4. The summed E-state index contributed by atoms with van der Waals surface area (Å²) in [4.78, 5) is 28.9. The third kappa shape index (κ3) is 8.41. The molecule has 0 aliphatic heterocycles. The van der Waals surface area contributed by atoms with E-state index in [9.17, 15) is 18.0 Å². The van der Waals surface area contributed by atoms with Crippen molar-refractivity contribution in [2.45, 2.75) is 51.5 Å². The zero-order chi connectivity index (χ0) is 29.3. The van der Waals surface area contributed by atoms with Gasteiger partial charge in [-0.05, 0) is 67.6 Å². The topological polar surface area (TPSA) is 86.8 Å². The van der Waals surface area contributed by atoms with E-state index in [1.54, 1.807) is 48.5 Å². The van der Waals surface area contributed by atoms with E-state index in [0.717, 1.165) is 19.9 Å². The number of rotatable bonds is 13. The Balaban J connectivity index is 1.99. The Bertz CT molecular complexity index is 1360. The van der Waals surface area contributed by atoms with E-state index in [-0.39, 0.29) is 23.3 Å². The molecule has 214 valence electrons. The minimum absolute atomic E-state index is 0.0892. The van der Waals surface area contributed by atoms with Crippen molar-refractivity contribution < 1.29 is 18.0 Å². The van der Waals surface area contributed by atoms with Crippen LogP contribution in [-0.2, 0) is 26.0 Å². The third-order valence-corrected chi connectivity index (χ3v) is 8.87. The van der Waals surface area contributed by atoms with Gasteiger partial charge in [0.05, 0.1) is 10.6 Å². The largest absolute Gasteiger partial charge is 0.354 e. The van der Waals surface area contributed by atoms with E-state index in [1.807, 2.05) is 58.0 Å². The fraction of sp³-hybridized carbons (Fsp3) is 0.355. The van der Waals surface area contributed by atoms with Crippen molar-refractivity contribution >= 4 is 43.5 Å². The highest BCUT2D eigenvalue weighted by Gasteiger charge is 2.33. The van der Waals surface area contributed by atoms with E-state index in [2.05, 4.69) is 21.2 Å². The van der Waals surface area contributed by atoms with Crippen LogP contribution in [0.2, 0.25) is 0 Å². The van der Waals surface area contributed by atoms with Gasteiger partial charge in [-0.3, -0.25) is 13.9 Å². The molecule has 0 aromatic heterocycles. The van der Waals surface area contributed by atoms with Crippen LogP contribution in [0.15, 0.2) is 88.2 Å². The van der Waals surface area contributed by atoms with Gasteiger partial charge in [-0.25, -0.2) is 8.42 Å². The maximum absolute atomic E-state index is 14.0. The number of sulfonamides is 1. The number of anilines is 1. The van der Waals surface area contributed by atoms with E-state index in [1.165, 1.54) is 4.90 Å². The highest BCUT2D eigenvalue weighted by Crippen LogP contribution is 2.26. The van der Waals surface area contributed by atoms with E-state index >= 15 is 0 Å². The van der Waals surface area contributed by atoms with Gasteiger partial charge in [0.25, 0.3) is 10.0 Å². The first kappa shape index (κ1) is 31.4. The summed E-state index contributed by atoms with van der Waals surface area (Å²) in [7, 11) is -4.08. The van der Waals surface area contributed by atoms with Crippen LogP contribution in [0.3, 0.4) is 0 Å². The number of carbonyl (C=O) groups excluding carboxylic acids is 2. The normalized spacial score (nSPS) is 12.2. The number of halogens is 1. The maximum Gasteiger partial charge on any atom is 0.264 e. The second-order valence-electron chi connectivity index (χ2n) is 10.2. The maximum atomic E-state index is 14.0. The van der Waals surface area contributed by atoms with Crippen LogP contribution in [0.25, 0.3) is 0 Å². The van der Waals surface area contributed by atoms with Gasteiger partial charge >= 0.3 is 0 Å². The molecule has 3 aromatic carbocycles. The third-order valence-electron chi connectivity index (χ3n) is 6.56. The summed E-state index contributed by atoms with van der Waals surface area (Å²) in [5.41, 5.74) is 2.31. The van der Waals surface area contributed by atoms with Crippen LogP contribution < -0.4 is 9.62 Å². The Hall–Kier alpha value is -3.17. The molecule has 0 unspecified atom stereocenters. The fourth-order valence-electron chi connectivity index (χ4n) is 4.29. The van der Waals surface area contributed by atoms with Gasteiger partial charge in [0, 0.05) is 17.6 Å². The molecule has 3 aromatic rings. The van der Waals surface area contributed by atoms with Crippen LogP contribution in [0.5, 0.6) is 0 Å². The fourth-order valence-corrected chi connectivity index (χ4v) is 5.97. The highest BCUT2D eigenvalue weighted by molar-refractivity contribution is 9.10. The zero-order valence-corrected chi connectivity index (χ0v) is 25.9. The molecular formula is C31H38BrN3O4S. The number of carbonyl (C=O) groups is 2. The first-order chi connectivity index (χ1) is 19.0. The van der Waals surface area contributed by atoms with E-state index in [0.29, 0.717) is 25.1 Å². The average Bonchev–Trinajstić information content (AvgIpc) is 2.93. The van der Waals surface area contributed by atoms with E-state index in [4.69, 9.17) is 0 Å². The van der Waals surface area contributed by atoms with Gasteiger partial charge in [-0.2, -0.15) is 0 Å². The van der Waals surface area contributed by atoms with Gasteiger partial charge in [0.2, 0.25) is 11.8 Å². The number of benzene rings is 3. The summed E-state index contributed by atoms with van der Waals surface area (Å²) >= 11 is 3.40. The van der Waals surface area contributed by atoms with Crippen molar-refractivity contribution in [3.63, 3.8) is 0 Å². The van der Waals surface area contributed by atoms with Crippen LogP contribution >= 0.6 is 15.9 Å². The molecule has 0 fully saturated rings. The predicted molar refractivity (Wildman–Crippen MR) is 164 cm³/mol. The van der Waals surface area contributed by atoms with Crippen LogP contribution in [0.1, 0.15) is 38.3 Å². The number of amides is 2. The molecule has 3 rings (SSSR count). The quantitative estimate of drug-likeness (QED) is 0.268. The average molecular weight is 629 g/mol. The Morgan fingerprint density at radius 3 is 2.12 bits per heavy atom. The molecule has 0 radical (unpaired) electrons. The van der Waals surface area contributed by atoms with Gasteiger partial charge in [0.15, 0.2) is 0 Å². The molecule has 2 amide bonds. The van der Waals surface area contributed by atoms with Crippen LogP contribution in [0, 0.1) is 12.8 Å². The molecule has 0 aliphatic carbocycles. The van der Waals surface area contributed by atoms with Crippen LogP contribution in [-0.4, -0.2) is 50.8 Å². The number of nitrogens with one attached hydrogen (secondary N) is 1. The molecule has 0 heterocycles. The number of nitrogens with zero attached hydrogens (tertiary/aromatic N) is 2. The van der Waals surface area contributed by atoms with Crippen molar-refractivity contribution in [3.05, 3.63) is 94.5 Å². The summed E-state index contributed by atoms with van der Waals surface area (Å²) in [6, 6.07) is 22.3. The van der Waals surface area contributed by atoms with E-state index < -0.39 is 28.5 Å². The van der Waals surface area contributed by atoms with Gasteiger partial charge in [-0.15, -0.1) is 0 Å². The first-order valence-corrected chi connectivity index (χ1v) is 15.7. The summed E-state index contributed by atoms with van der Waals surface area (Å²) in [6.45, 7) is 8.07. The SMILES string of the molecule is CC[C@H](C(=O)NCC(C)C)N(CCc1ccccc1)C(=O)CN(c1ccc(Br)cc1)S(=O)(=O)c1ccc(C)cc1. The Labute approximate surface area is 246 Å². The van der Waals surface area contributed by atoms with Crippen molar-refractivity contribution in [2.75, 3.05) is 23.9 Å². The van der Waals surface area contributed by atoms with Crippen LogP contribution in [0.4, 0.5) is 5.69 Å². The highest BCUT2D eigenvalue weighted by atomic mass is 79.9. The molecule has 7 nitrogen and oxygen atoms in total. The lowest BCUT2D eigenvalue weighted by atomic mass is 10.1. The standard InChI is InChI=1S/C31H38BrN3O4S/c1-5-29(31(37)33-21-23(2)3)34(20-19-25-9-7-6-8-10-25)30(36)22-35(27-15-13-26(32)14-16-27)40(38,39)28-17-11-24(4)12-18-28/h6-18,23,29H,5,19-22H2,1-4H3,(H,33,37)/t29-/m1/s1. The van der Waals surface area contributed by atoms with Gasteiger partial charge < -0.3 is 10.2 Å². The van der Waals surface area contributed by atoms with Crippen molar-refractivity contribution in [1.29, 1.82) is 0 Å². The molecule has 1 atom stereocenters. The second kappa shape index (κ2) is 14.5. The molecule has 0 saturated carbocycles. The molecular weight excluding hydrogens is 590 g/mol. The summed E-state index contributed by atoms with van der Waals surface area (Å²) < 4.78 is 29.7. The Kier molecular flexibility index (Phi) is 11.3.